The van der Waals surface area contributed by atoms with Crippen molar-refractivity contribution in [3.05, 3.63) is 87.1 Å². The van der Waals surface area contributed by atoms with Gasteiger partial charge in [-0.05, 0) is 43.7 Å². The van der Waals surface area contributed by atoms with Crippen molar-refractivity contribution in [1.82, 2.24) is 9.88 Å². The fourth-order valence-corrected chi connectivity index (χ4v) is 3.61. The first-order chi connectivity index (χ1) is 13.2. The van der Waals surface area contributed by atoms with Crippen molar-refractivity contribution >= 4 is 21.8 Å². The second kappa shape index (κ2) is 7.83. The van der Waals surface area contributed by atoms with E-state index < -0.39 is 11.7 Å². The zero-order chi connectivity index (χ0) is 20.5. The average molecular weight is 451 g/mol. The van der Waals surface area contributed by atoms with Gasteiger partial charge in [-0.3, -0.25) is 4.79 Å². The summed E-state index contributed by atoms with van der Waals surface area (Å²) in [7, 11) is 0. The fraction of sp³-hybridized carbons (Fsp3) is 0.190. The second-order valence-corrected chi connectivity index (χ2v) is 7.26. The van der Waals surface area contributed by atoms with Gasteiger partial charge in [0.1, 0.15) is 0 Å². The smallest absolute Gasteiger partial charge is 0.348 e. The number of carbonyl (C=O) groups is 1. The Balaban J connectivity index is 1.93. The third kappa shape index (κ3) is 3.99. The Labute approximate surface area is 169 Å². The highest BCUT2D eigenvalue weighted by molar-refractivity contribution is 9.10. The molecule has 0 aliphatic rings. The second-order valence-electron chi connectivity index (χ2n) is 6.41. The molecule has 0 saturated heterocycles. The van der Waals surface area contributed by atoms with Crippen LogP contribution in [0.1, 0.15) is 32.9 Å². The van der Waals surface area contributed by atoms with Gasteiger partial charge in [-0.1, -0.05) is 46.3 Å². The lowest BCUT2D eigenvalue weighted by atomic mass is 10.1. The lowest BCUT2D eigenvalue weighted by molar-refractivity contribution is -0.137. The van der Waals surface area contributed by atoms with E-state index in [0.29, 0.717) is 23.5 Å². The number of benzene rings is 2. The van der Waals surface area contributed by atoms with Crippen molar-refractivity contribution < 1.29 is 18.0 Å². The van der Waals surface area contributed by atoms with Gasteiger partial charge in [-0.2, -0.15) is 13.2 Å². The SMILES string of the molecule is Cc1cc(C(=O)NCc2ccccc2Br)c(C)n1-c1ccccc1C(F)(F)F. The molecule has 0 saturated carbocycles. The maximum absolute atomic E-state index is 13.4. The summed E-state index contributed by atoms with van der Waals surface area (Å²) in [6, 6.07) is 14.5. The van der Waals surface area contributed by atoms with Gasteiger partial charge in [0.2, 0.25) is 0 Å². The lowest BCUT2D eigenvalue weighted by Crippen LogP contribution is -2.23. The Bertz CT molecular complexity index is 1020. The first kappa shape index (κ1) is 20.2. The van der Waals surface area contributed by atoms with E-state index in [1.165, 1.54) is 16.7 Å². The number of aromatic nitrogens is 1. The third-order valence-electron chi connectivity index (χ3n) is 4.52. The molecular formula is C21H18BrF3N2O. The largest absolute Gasteiger partial charge is 0.418 e. The number of amides is 1. The van der Waals surface area contributed by atoms with Crippen LogP contribution in [-0.2, 0) is 12.7 Å². The fourth-order valence-electron chi connectivity index (χ4n) is 3.18. The normalized spacial score (nSPS) is 11.5. The minimum Gasteiger partial charge on any atom is -0.348 e. The number of aryl methyl sites for hydroxylation is 1. The van der Waals surface area contributed by atoms with Crippen molar-refractivity contribution in [1.29, 1.82) is 0 Å². The summed E-state index contributed by atoms with van der Waals surface area (Å²) < 4.78 is 42.6. The summed E-state index contributed by atoms with van der Waals surface area (Å²) in [5.74, 6) is -0.334. The predicted molar refractivity (Wildman–Crippen MR) is 106 cm³/mol. The molecule has 28 heavy (non-hydrogen) atoms. The van der Waals surface area contributed by atoms with E-state index in [4.69, 9.17) is 0 Å². The molecule has 146 valence electrons. The van der Waals surface area contributed by atoms with E-state index in [2.05, 4.69) is 21.2 Å². The van der Waals surface area contributed by atoms with E-state index in [1.807, 2.05) is 24.3 Å². The molecular weight excluding hydrogens is 433 g/mol. The van der Waals surface area contributed by atoms with Gasteiger partial charge >= 0.3 is 6.18 Å². The molecule has 0 spiro atoms. The van der Waals surface area contributed by atoms with Gasteiger partial charge in [0.15, 0.2) is 0 Å². The highest BCUT2D eigenvalue weighted by atomic mass is 79.9. The molecule has 0 aliphatic carbocycles. The van der Waals surface area contributed by atoms with E-state index >= 15 is 0 Å². The minimum absolute atomic E-state index is 0.00912. The molecule has 0 fully saturated rings. The minimum atomic E-state index is -4.48. The van der Waals surface area contributed by atoms with Crippen LogP contribution in [0.5, 0.6) is 0 Å². The number of para-hydroxylation sites is 1. The van der Waals surface area contributed by atoms with E-state index in [-0.39, 0.29) is 11.6 Å². The summed E-state index contributed by atoms with van der Waals surface area (Å²) in [6.45, 7) is 3.64. The molecule has 0 radical (unpaired) electrons. The van der Waals surface area contributed by atoms with Crippen LogP contribution in [-0.4, -0.2) is 10.5 Å². The Morgan fingerprint density at radius 2 is 1.71 bits per heavy atom. The maximum atomic E-state index is 13.4. The van der Waals surface area contributed by atoms with E-state index in [0.717, 1.165) is 16.1 Å². The molecule has 1 N–H and O–H groups in total. The number of nitrogens with one attached hydrogen (secondary N) is 1. The molecule has 7 heteroatoms. The maximum Gasteiger partial charge on any atom is 0.418 e. The number of nitrogens with zero attached hydrogens (tertiary/aromatic N) is 1. The molecule has 3 nitrogen and oxygen atoms in total. The molecule has 0 atom stereocenters. The number of halogens is 4. The Kier molecular flexibility index (Phi) is 5.65. The average Bonchev–Trinajstić information content (AvgIpc) is 2.94. The molecule has 2 aromatic carbocycles. The summed E-state index contributed by atoms with van der Waals surface area (Å²) >= 11 is 3.43. The van der Waals surface area contributed by atoms with Crippen LogP contribution in [0.25, 0.3) is 5.69 Å². The first-order valence-electron chi connectivity index (χ1n) is 8.57. The summed E-state index contributed by atoms with van der Waals surface area (Å²) in [5, 5.41) is 2.83. The van der Waals surface area contributed by atoms with Gasteiger partial charge in [0.25, 0.3) is 5.91 Å². The Morgan fingerprint density at radius 3 is 2.39 bits per heavy atom. The third-order valence-corrected chi connectivity index (χ3v) is 5.30. The van der Waals surface area contributed by atoms with Crippen LogP contribution in [0, 0.1) is 13.8 Å². The Hall–Kier alpha value is -2.54. The number of carbonyl (C=O) groups excluding carboxylic acids is 1. The van der Waals surface area contributed by atoms with Crippen LogP contribution < -0.4 is 5.32 Å². The number of rotatable bonds is 4. The van der Waals surface area contributed by atoms with Gasteiger partial charge in [0.05, 0.1) is 16.8 Å². The highest BCUT2D eigenvalue weighted by Crippen LogP contribution is 2.35. The van der Waals surface area contributed by atoms with Crippen molar-refractivity contribution in [3.63, 3.8) is 0 Å². The number of hydrogen-bond acceptors (Lipinski definition) is 1. The van der Waals surface area contributed by atoms with E-state index in [9.17, 15) is 18.0 Å². The van der Waals surface area contributed by atoms with Gasteiger partial charge in [0, 0.05) is 22.4 Å². The summed E-state index contributed by atoms with van der Waals surface area (Å²) in [6.07, 6.45) is -4.48. The summed E-state index contributed by atoms with van der Waals surface area (Å²) in [4.78, 5) is 12.7. The van der Waals surface area contributed by atoms with Gasteiger partial charge < -0.3 is 9.88 Å². The molecule has 0 bridgehead atoms. The van der Waals surface area contributed by atoms with Gasteiger partial charge in [-0.15, -0.1) is 0 Å². The predicted octanol–water partition coefficient (Wildman–Crippen LogP) is 5.81. The molecule has 1 amide bonds. The molecule has 0 unspecified atom stereocenters. The first-order valence-corrected chi connectivity index (χ1v) is 9.36. The zero-order valence-electron chi connectivity index (χ0n) is 15.3. The lowest BCUT2D eigenvalue weighted by Gasteiger charge is -2.16. The molecule has 1 heterocycles. The van der Waals surface area contributed by atoms with Crippen LogP contribution in [0.2, 0.25) is 0 Å². The van der Waals surface area contributed by atoms with Crippen molar-refractivity contribution in [2.75, 3.05) is 0 Å². The summed E-state index contributed by atoms with van der Waals surface area (Å²) in [5.41, 5.74) is 1.54. The standard InChI is InChI=1S/C21H18BrF3N2O/c1-13-11-16(20(28)26-12-15-7-3-5-9-18(15)22)14(2)27(13)19-10-6-4-8-17(19)21(23,24)25/h3-11H,12H2,1-2H3,(H,26,28). The van der Waals surface area contributed by atoms with Crippen LogP contribution in [0.3, 0.4) is 0 Å². The van der Waals surface area contributed by atoms with Gasteiger partial charge in [-0.25, -0.2) is 0 Å². The zero-order valence-corrected chi connectivity index (χ0v) is 16.9. The molecule has 3 rings (SSSR count). The topological polar surface area (TPSA) is 34.0 Å². The molecule has 0 aliphatic heterocycles. The van der Waals surface area contributed by atoms with Crippen LogP contribution in [0.4, 0.5) is 13.2 Å². The van der Waals surface area contributed by atoms with Crippen LogP contribution in [0.15, 0.2) is 59.1 Å². The van der Waals surface area contributed by atoms with Crippen LogP contribution >= 0.6 is 15.9 Å². The van der Waals surface area contributed by atoms with Crippen molar-refractivity contribution in [2.45, 2.75) is 26.6 Å². The van der Waals surface area contributed by atoms with E-state index in [1.54, 1.807) is 26.0 Å². The van der Waals surface area contributed by atoms with Crippen molar-refractivity contribution in [2.24, 2.45) is 0 Å². The molecule has 1 aromatic heterocycles. The quantitative estimate of drug-likeness (QED) is 0.534. The molecule has 3 aromatic rings. The number of alkyl halides is 3. The highest BCUT2D eigenvalue weighted by Gasteiger charge is 2.34. The number of hydrogen-bond donors (Lipinski definition) is 1. The monoisotopic (exact) mass is 450 g/mol. The van der Waals surface area contributed by atoms with Crippen molar-refractivity contribution in [3.8, 4) is 5.69 Å². The Morgan fingerprint density at radius 1 is 1.07 bits per heavy atom.